The summed E-state index contributed by atoms with van der Waals surface area (Å²) in [5.41, 5.74) is 0.181. The molecule has 1 heterocycles. The fraction of sp³-hybridized carbons (Fsp3) is 0.333. The molecule has 0 aliphatic heterocycles. The van der Waals surface area contributed by atoms with E-state index in [0.29, 0.717) is 6.42 Å². The second kappa shape index (κ2) is 6.13. The zero-order chi connectivity index (χ0) is 15.5. The van der Waals surface area contributed by atoms with Gasteiger partial charge in [0.05, 0.1) is 10.4 Å². The fourth-order valence-electron chi connectivity index (χ4n) is 2.03. The monoisotopic (exact) mass is 306 g/mol. The van der Waals surface area contributed by atoms with Crippen LogP contribution in [0.15, 0.2) is 29.6 Å². The number of carbonyl (C=O) groups excluding carboxylic acids is 1. The maximum atomic E-state index is 12.1. The Hall–Kier alpha value is -2.08. The van der Waals surface area contributed by atoms with Crippen molar-refractivity contribution in [3.63, 3.8) is 0 Å². The van der Waals surface area contributed by atoms with Crippen molar-refractivity contribution in [1.82, 2.24) is 5.32 Å². The van der Waals surface area contributed by atoms with Crippen molar-refractivity contribution in [2.75, 3.05) is 5.32 Å². The molecule has 1 aromatic carbocycles. The van der Waals surface area contributed by atoms with Crippen LogP contribution in [0.1, 0.15) is 26.7 Å². The molecule has 0 spiro atoms. The van der Waals surface area contributed by atoms with Crippen LogP contribution in [0.3, 0.4) is 0 Å². The number of urea groups is 1. The summed E-state index contributed by atoms with van der Waals surface area (Å²) in [6.45, 7) is 3.61. The van der Waals surface area contributed by atoms with Gasteiger partial charge in [-0.3, -0.25) is 4.79 Å². The standard InChI is InChI=1S/C15H18N2O3S/c1-15(2,8-6-12(18)19)17-14(20)16-11-5-3-4-10-7-9-21-13(10)11/h3-5,7,9H,6,8H2,1-2H3,(H,18,19)(H2,16,17,20). The molecule has 112 valence electrons. The van der Waals surface area contributed by atoms with E-state index in [-0.39, 0.29) is 12.5 Å². The molecule has 2 aromatic rings. The van der Waals surface area contributed by atoms with Crippen molar-refractivity contribution in [3.8, 4) is 0 Å². The van der Waals surface area contributed by atoms with E-state index in [2.05, 4.69) is 10.6 Å². The molecule has 0 fully saturated rings. The van der Waals surface area contributed by atoms with Gasteiger partial charge in [0.1, 0.15) is 0 Å². The van der Waals surface area contributed by atoms with Crippen molar-refractivity contribution >= 4 is 39.1 Å². The number of benzene rings is 1. The number of carboxylic acid groups (broad SMARTS) is 1. The highest BCUT2D eigenvalue weighted by molar-refractivity contribution is 7.17. The summed E-state index contributed by atoms with van der Waals surface area (Å²) in [5, 5.41) is 17.4. The second-order valence-electron chi connectivity index (χ2n) is 5.50. The smallest absolute Gasteiger partial charge is 0.319 e. The van der Waals surface area contributed by atoms with E-state index in [1.807, 2.05) is 29.6 Å². The van der Waals surface area contributed by atoms with Crippen molar-refractivity contribution in [2.45, 2.75) is 32.2 Å². The molecule has 1 aromatic heterocycles. The zero-order valence-corrected chi connectivity index (χ0v) is 12.8. The molecule has 5 nitrogen and oxygen atoms in total. The Bertz CT molecular complexity index is 664. The molecule has 2 amide bonds. The summed E-state index contributed by atoms with van der Waals surface area (Å²) in [6.07, 6.45) is 0.396. The number of thiophene rings is 1. The van der Waals surface area contributed by atoms with E-state index in [0.717, 1.165) is 15.8 Å². The molecule has 0 atom stereocenters. The summed E-state index contributed by atoms with van der Waals surface area (Å²) in [4.78, 5) is 22.7. The summed E-state index contributed by atoms with van der Waals surface area (Å²) in [7, 11) is 0. The second-order valence-corrected chi connectivity index (χ2v) is 6.42. The largest absolute Gasteiger partial charge is 0.481 e. The van der Waals surface area contributed by atoms with Gasteiger partial charge in [-0.2, -0.15) is 0 Å². The van der Waals surface area contributed by atoms with E-state index < -0.39 is 11.5 Å². The van der Waals surface area contributed by atoms with Gasteiger partial charge in [0.2, 0.25) is 0 Å². The van der Waals surface area contributed by atoms with Crippen LogP contribution in [-0.4, -0.2) is 22.6 Å². The number of anilines is 1. The Morgan fingerprint density at radius 2 is 2.05 bits per heavy atom. The molecule has 0 unspecified atom stereocenters. The molecule has 0 saturated heterocycles. The van der Waals surface area contributed by atoms with Crippen molar-refractivity contribution in [3.05, 3.63) is 29.6 Å². The molecule has 0 aliphatic rings. The van der Waals surface area contributed by atoms with Gasteiger partial charge in [0.15, 0.2) is 0 Å². The Kier molecular flexibility index (Phi) is 4.47. The fourth-order valence-corrected chi connectivity index (χ4v) is 2.90. The maximum absolute atomic E-state index is 12.1. The molecule has 6 heteroatoms. The Morgan fingerprint density at radius 1 is 1.29 bits per heavy atom. The average molecular weight is 306 g/mol. The van der Waals surface area contributed by atoms with Gasteiger partial charge in [0.25, 0.3) is 0 Å². The number of carbonyl (C=O) groups is 2. The topological polar surface area (TPSA) is 78.4 Å². The number of amides is 2. The van der Waals surface area contributed by atoms with E-state index in [1.54, 1.807) is 25.2 Å². The third-order valence-corrected chi connectivity index (χ3v) is 4.11. The third kappa shape index (κ3) is 4.19. The molecule has 3 N–H and O–H groups in total. The lowest BCUT2D eigenvalue weighted by atomic mass is 9.99. The number of nitrogens with one attached hydrogen (secondary N) is 2. The number of hydrogen-bond acceptors (Lipinski definition) is 3. The minimum atomic E-state index is -0.867. The summed E-state index contributed by atoms with van der Waals surface area (Å²) in [5.74, 6) is -0.867. The van der Waals surface area contributed by atoms with Gasteiger partial charge < -0.3 is 15.7 Å². The van der Waals surface area contributed by atoms with Crippen molar-refractivity contribution in [2.24, 2.45) is 0 Å². The van der Waals surface area contributed by atoms with Gasteiger partial charge in [-0.05, 0) is 43.2 Å². The molecule has 2 rings (SSSR count). The van der Waals surface area contributed by atoms with Crippen molar-refractivity contribution < 1.29 is 14.7 Å². The molecular weight excluding hydrogens is 288 g/mol. The Labute approximate surface area is 127 Å². The average Bonchev–Trinajstić information content (AvgIpc) is 2.85. The molecular formula is C15H18N2O3S. The van der Waals surface area contributed by atoms with Crippen molar-refractivity contribution in [1.29, 1.82) is 0 Å². The molecule has 0 saturated carbocycles. The van der Waals surface area contributed by atoms with Crippen LogP contribution in [0.25, 0.3) is 10.1 Å². The SMILES string of the molecule is CC(C)(CCC(=O)O)NC(=O)Nc1cccc2ccsc12. The van der Waals surface area contributed by atoms with Gasteiger partial charge in [-0.25, -0.2) is 4.79 Å². The minimum absolute atomic E-state index is 0.0216. The van der Waals surface area contributed by atoms with E-state index in [9.17, 15) is 9.59 Å². The summed E-state index contributed by atoms with van der Waals surface area (Å²) in [6, 6.07) is 7.40. The predicted octanol–water partition coefficient (Wildman–Crippen LogP) is 3.67. The molecule has 0 radical (unpaired) electrons. The highest BCUT2D eigenvalue weighted by atomic mass is 32.1. The number of aliphatic carboxylic acids is 1. The summed E-state index contributed by atoms with van der Waals surface area (Å²) < 4.78 is 1.02. The van der Waals surface area contributed by atoms with Crippen LogP contribution >= 0.6 is 11.3 Å². The van der Waals surface area contributed by atoms with Crippen LogP contribution in [0, 0.1) is 0 Å². The van der Waals surface area contributed by atoms with E-state index in [4.69, 9.17) is 5.11 Å². The van der Waals surface area contributed by atoms with Crippen LogP contribution in [-0.2, 0) is 4.79 Å². The minimum Gasteiger partial charge on any atom is -0.481 e. The number of rotatable bonds is 5. The molecule has 0 bridgehead atoms. The van der Waals surface area contributed by atoms with Gasteiger partial charge in [-0.1, -0.05) is 12.1 Å². The van der Waals surface area contributed by atoms with Gasteiger partial charge >= 0.3 is 12.0 Å². The normalized spacial score (nSPS) is 11.3. The van der Waals surface area contributed by atoms with Crippen LogP contribution in [0.5, 0.6) is 0 Å². The Morgan fingerprint density at radius 3 is 2.76 bits per heavy atom. The first kappa shape index (κ1) is 15.3. The van der Waals surface area contributed by atoms with Crippen LogP contribution in [0.2, 0.25) is 0 Å². The highest BCUT2D eigenvalue weighted by Gasteiger charge is 2.21. The number of carboxylic acids is 1. The van der Waals surface area contributed by atoms with E-state index >= 15 is 0 Å². The van der Waals surface area contributed by atoms with Crippen LogP contribution in [0.4, 0.5) is 10.5 Å². The quantitative estimate of drug-likeness (QED) is 0.788. The lowest BCUT2D eigenvalue weighted by Crippen LogP contribution is -2.45. The number of hydrogen-bond donors (Lipinski definition) is 3. The third-order valence-electron chi connectivity index (χ3n) is 3.14. The maximum Gasteiger partial charge on any atom is 0.319 e. The van der Waals surface area contributed by atoms with E-state index in [1.165, 1.54) is 0 Å². The lowest BCUT2D eigenvalue weighted by molar-refractivity contribution is -0.137. The van der Waals surface area contributed by atoms with Gasteiger partial charge in [-0.15, -0.1) is 11.3 Å². The lowest BCUT2D eigenvalue weighted by Gasteiger charge is -2.25. The predicted molar refractivity (Wildman–Crippen MR) is 84.9 cm³/mol. The van der Waals surface area contributed by atoms with Crippen LogP contribution < -0.4 is 10.6 Å². The zero-order valence-electron chi connectivity index (χ0n) is 12.0. The first-order valence-corrected chi connectivity index (χ1v) is 7.52. The first-order valence-electron chi connectivity index (χ1n) is 6.64. The number of fused-ring (bicyclic) bond motifs is 1. The first-order chi connectivity index (χ1) is 9.87. The van der Waals surface area contributed by atoms with Gasteiger partial charge in [0, 0.05) is 12.0 Å². The highest BCUT2D eigenvalue weighted by Crippen LogP contribution is 2.28. The Balaban J connectivity index is 2.01. The molecule has 0 aliphatic carbocycles. The summed E-state index contributed by atoms with van der Waals surface area (Å²) >= 11 is 1.57. The molecule has 21 heavy (non-hydrogen) atoms.